The molecule has 1 aliphatic rings. The highest BCUT2D eigenvalue weighted by atomic mass is 32.1. The third-order valence-corrected chi connectivity index (χ3v) is 4.47. The number of benzene rings is 1. The maximum atomic E-state index is 5.93. The lowest BCUT2D eigenvalue weighted by molar-refractivity contribution is 0.415. The highest BCUT2D eigenvalue weighted by molar-refractivity contribution is 7.22. The summed E-state index contributed by atoms with van der Waals surface area (Å²) in [5, 5.41) is 1.10. The number of hydrogen-bond acceptors (Lipinski definition) is 5. The summed E-state index contributed by atoms with van der Waals surface area (Å²) in [5.41, 5.74) is 6.97. The van der Waals surface area contributed by atoms with Crippen LogP contribution in [0.15, 0.2) is 18.2 Å². The van der Waals surface area contributed by atoms with Gasteiger partial charge in [-0.1, -0.05) is 11.3 Å². The number of nitrogens with zero attached hydrogens (tertiary/aromatic N) is 2. The first-order chi connectivity index (χ1) is 8.76. The van der Waals surface area contributed by atoms with Crippen molar-refractivity contribution in [2.75, 3.05) is 25.1 Å². The quantitative estimate of drug-likeness (QED) is 0.902. The lowest BCUT2D eigenvalue weighted by atomic mass is 10.1. The molecular weight excluding hydrogens is 246 g/mol. The second-order valence-electron chi connectivity index (χ2n) is 4.65. The van der Waals surface area contributed by atoms with Gasteiger partial charge < -0.3 is 15.4 Å². The summed E-state index contributed by atoms with van der Waals surface area (Å²) in [4.78, 5) is 7.02. The predicted molar refractivity (Wildman–Crippen MR) is 75.6 cm³/mol. The van der Waals surface area contributed by atoms with Gasteiger partial charge in [-0.25, -0.2) is 4.98 Å². The first-order valence-electron chi connectivity index (χ1n) is 6.21. The first-order valence-corrected chi connectivity index (χ1v) is 7.03. The molecule has 0 amide bonds. The van der Waals surface area contributed by atoms with Crippen LogP contribution in [0.3, 0.4) is 0 Å². The molecule has 3 rings (SSSR count). The molecule has 5 heteroatoms. The van der Waals surface area contributed by atoms with Crippen LogP contribution in [0.2, 0.25) is 0 Å². The number of rotatable bonds is 2. The van der Waals surface area contributed by atoms with Crippen LogP contribution in [0.4, 0.5) is 5.13 Å². The number of methoxy groups -OCH3 is 1. The third-order valence-electron chi connectivity index (χ3n) is 3.39. The van der Waals surface area contributed by atoms with Gasteiger partial charge in [-0.15, -0.1) is 0 Å². The average Bonchev–Trinajstić information content (AvgIpc) is 2.82. The largest absolute Gasteiger partial charge is 0.497 e. The van der Waals surface area contributed by atoms with Crippen LogP contribution in [-0.2, 0) is 0 Å². The normalized spacial score (nSPS) is 17.3. The van der Waals surface area contributed by atoms with Crippen LogP contribution in [0.5, 0.6) is 5.75 Å². The molecule has 0 spiro atoms. The van der Waals surface area contributed by atoms with Gasteiger partial charge in [0, 0.05) is 19.1 Å². The fourth-order valence-corrected chi connectivity index (χ4v) is 3.29. The molecule has 1 saturated heterocycles. The molecule has 0 saturated carbocycles. The summed E-state index contributed by atoms with van der Waals surface area (Å²) in [6.07, 6.45) is 2.11. The number of hydrogen-bond donors (Lipinski definition) is 1. The van der Waals surface area contributed by atoms with E-state index in [1.54, 1.807) is 18.4 Å². The Kier molecular flexibility index (Phi) is 3.09. The molecule has 1 aromatic carbocycles. The van der Waals surface area contributed by atoms with Gasteiger partial charge in [0.2, 0.25) is 0 Å². The van der Waals surface area contributed by atoms with Crippen molar-refractivity contribution in [3.05, 3.63) is 18.2 Å². The standard InChI is InChI=1S/C13H17N3OS/c1-17-10-2-3-11-12(8-10)18-13(15-11)16-6-4-9(14)5-7-16/h2-3,8-9H,4-7,14H2,1H3. The van der Waals surface area contributed by atoms with Crippen LogP contribution < -0.4 is 15.4 Å². The topological polar surface area (TPSA) is 51.4 Å². The molecule has 0 unspecified atom stereocenters. The van der Waals surface area contributed by atoms with E-state index in [1.807, 2.05) is 18.2 Å². The Labute approximate surface area is 110 Å². The van der Waals surface area contributed by atoms with Crippen LogP contribution >= 0.6 is 11.3 Å². The molecule has 2 N–H and O–H groups in total. The van der Waals surface area contributed by atoms with Crippen LogP contribution in [0, 0.1) is 0 Å². The van der Waals surface area contributed by atoms with Crippen molar-refractivity contribution in [2.45, 2.75) is 18.9 Å². The van der Waals surface area contributed by atoms with Gasteiger partial charge in [0.05, 0.1) is 17.3 Å². The van der Waals surface area contributed by atoms with E-state index in [-0.39, 0.29) is 0 Å². The van der Waals surface area contributed by atoms with Gasteiger partial charge in [-0.3, -0.25) is 0 Å². The zero-order valence-corrected chi connectivity index (χ0v) is 11.2. The van der Waals surface area contributed by atoms with Crippen molar-refractivity contribution in [1.29, 1.82) is 0 Å². The van der Waals surface area contributed by atoms with Crippen molar-refractivity contribution in [2.24, 2.45) is 5.73 Å². The van der Waals surface area contributed by atoms with E-state index in [0.29, 0.717) is 6.04 Å². The van der Waals surface area contributed by atoms with Crippen molar-refractivity contribution in [1.82, 2.24) is 4.98 Å². The Bertz CT molecular complexity index is 546. The fourth-order valence-electron chi connectivity index (χ4n) is 2.25. The molecule has 0 bridgehead atoms. The van der Waals surface area contributed by atoms with Gasteiger partial charge >= 0.3 is 0 Å². The minimum Gasteiger partial charge on any atom is -0.497 e. The highest BCUT2D eigenvalue weighted by Crippen LogP contribution is 2.32. The van der Waals surface area contributed by atoms with Gasteiger partial charge in [-0.2, -0.15) is 0 Å². The summed E-state index contributed by atoms with van der Waals surface area (Å²) in [7, 11) is 1.69. The number of nitrogens with two attached hydrogens (primary N) is 1. The molecule has 18 heavy (non-hydrogen) atoms. The van der Waals surface area contributed by atoms with E-state index in [9.17, 15) is 0 Å². The van der Waals surface area contributed by atoms with Crippen LogP contribution in [0.25, 0.3) is 10.2 Å². The molecule has 1 fully saturated rings. The van der Waals surface area contributed by atoms with Gasteiger partial charge in [0.25, 0.3) is 0 Å². The smallest absolute Gasteiger partial charge is 0.186 e. The molecule has 2 heterocycles. The minimum absolute atomic E-state index is 0.357. The Balaban J connectivity index is 1.88. The van der Waals surface area contributed by atoms with Crippen molar-refractivity contribution >= 4 is 26.7 Å². The first kappa shape index (κ1) is 11.7. The molecule has 96 valence electrons. The van der Waals surface area contributed by atoms with E-state index in [2.05, 4.69) is 9.88 Å². The van der Waals surface area contributed by atoms with E-state index in [4.69, 9.17) is 10.5 Å². The number of aromatic nitrogens is 1. The minimum atomic E-state index is 0.357. The molecule has 2 aromatic rings. The molecule has 1 aromatic heterocycles. The zero-order valence-electron chi connectivity index (χ0n) is 10.4. The third kappa shape index (κ3) is 2.15. The van der Waals surface area contributed by atoms with E-state index in [1.165, 1.54) is 4.70 Å². The Morgan fingerprint density at radius 1 is 1.39 bits per heavy atom. The van der Waals surface area contributed by atoms with Crippen molar-refractivity contribution in [3.8, 4) is 5.75 Å². The summed E-state index contributed by atoms with van der Waals surface area (Å²) in [6, 6.07) is 6.38. The molecular formula is C13H17N3OS. The Hall–Kier alpha value is -1.33. The van der Waals surface area contributed by atoms with Crippen LogP contribution in [0.1, 0.15) is 12.8 Å². The van der Waals surface area contributed by atoms with E-state index < -0.39 is 0 Å². The monoisotopic (exact) mass is 263 g/mol. The number of thiazole rings is 1. The summed E-state index contributed by atoms with van der Waals surface area (Å²) >= 11 is 1.73. The van der Waals surface area contributed by atoms with Crippen molar-refractivity contribution < 1.29 is 4.74 Å². The molecule has 0 aliphatic carbocycles. The maximum Gasteiger partial charge on any atom is 0.186 e. The van der Waals surface area contributed by atoms with Gasteiger partial charge in [-0.05, 0) is 31.0 Å². The molecule has 1 aliphatic heterocycles. The number of fused-ring (bicyclic) bond motifs is 1. The fraction of sp³-hybridized carbons (Fsp3) is 0.462. The Morgan fingerprint density at radius 2 is 2.17 bits per heavy atom. The van der Waals surface area contributed by atoms with Gasteiger partial charge in [0.1, 0.15) is 5.75 Å². The Morgan fingerprint density at radius 3 is 2.89 bits per heavy atom. The number of piperidine rings is 1. The predicted octanol–water partition coefficient (Wildman–Crippen LogP) is 2.23. The second kappa shape index (κ2) is 4.74. The summed E-state index contributed by atoms with van der Waals surface area (Å²) in [6.45, 7) is 2.02. The highest BCUT2D eigenvalue weighted by Gasteiger charge is 2.19. The lowest BCUT2D eigenvalue weighted by Crippen LogP contribution is -2.39. The summed E-state index contributed by atoms with van der Waals surface area (Å²) < 4.78 is 6.42. The number of ether oxygens (including phenoxy) is 1. The maximum absolute atomic E-state index is 5.93. The second-order valence-corrected chi connectivity index (χ2v) is 5.66. The van der Waals surface area contributed by atoms with E-state index >= 15 is 0 Å². The average molecular weight is 263 g/mol. The molecule has 0 radical (unpaired) electrons. The van der Waals surface area contributed by atoms with Gasteiger partial charge in [0.15, 0.2) is 5.13 Å². The molecule has 4 nitrogen and oxygen atoms in total. The van der Waals surface area contributed by atoms with Crippen LogP contribution in [-0.4, -0.2) is 31.2 Å². The summed E-state index contributed by atoms with van der Waals surface area (Å²) in [5.74, 6) is 0.887. The zero-order chi connectivity index (χ0) is 12.5. The number of anilines is 1. The molecule has 0 atom stereocenters. The van der Waals surface area contributed by atoms with E-state index in [0.717, 1.165) is 42.3 Å². The van der Waals surface area contributed by atoms with Crippen molar-refractivity contribution in [3.63, 3.8) is 0 Å². The SMILES string of the molecule is COc1ccc2nc(N3CCC(N)CC3)sc2c1. The lowest BCUT2D eigenvalue weighted by Gasteiger charge is -2.29.